The second kappa shape index (κ2) is 9.39. The summed E-state index contributed by atoms with van der Waals surface area (Å²) in [5.41, 5.74) is 0. The van der Waals surface area contributed by atoms with Crippen molar-refractivity contribution in [3.63, 3.8) is 0 Å². The first kappa shape index (κ1) is 16.5. The number of piperidine rings is 1. The standard InChI is InChI=1S/C13H21N3OS.ClH/c1-18-13-15-8-6-12(16-13)17-9-3-5-11-4-2-7-14-10-11;/h6,8,11,14H,2-5,7,9-10H2,1H3;1H. The van der Waals surface area contributed by atoms with E-state index in [1.165, 1.54) is 44.1 Å². The SMILES string of the molecule is CSc1nccc(OCCCC2CCCNC2)n1.Cl. The van der Waals surface area contributed by atoms with Crippen LogP contribution in [0.15, 0.2) is 17.4 Å². The van der Waals surface area contributed by atoms with Gasteiger partial charge in [-0.1, -0.05) is 11.8 Å². The van der Waals surface area contributed by atoms with Crippen LogP contribution in [0, 0.1) is 5.92 Å². The van der Waals surface area contributed by atoms with Crippen LogP contribution < -0.4 is 10.1 Å². The number of nitrogens with zero attached hydrogens (tertiary/aromatic N) is 2. The monoisotopic (exact) mass is 303 g/mol. The molecule has 6 heteroatoms. The van der Waals surface area contributed by atoms with Gasteiger partial charge in [-0.25, -0.2) is 4.98 Å². The van der Waals surface area contributed by atoms with Crippen LogP contribution in [0.4, 0.5) is 0 Å². The van der Waals surface area contributed by atoms with Crippen molar-refractivity contribution < 1.29 is 4.74 Å². The zero-order valence-corrected chi connectivity index (χ0v) is 12.9. The summed E-state index contributed by atoms with van der Waals surface area (Å²) in [4.78, 5) is 8.42. The molecule has 1 N–H and O–H groups in total. The summed E-state index contributed by atoms with van der Waals surface area (Å²) >= 11 is 1.53. The van der Waals surface area contributed by atoms with Crippen molar-refractivity contribution in [3.05, 3.63) is 12.3 Å². The van der Waals surface area contributed by atoms with Crippen LogP contribution in [0.3, 0.4) is 0 Å². The fraction of sp³-hybridized carbons (Fsp3) is 0.692. The fourth-order valence-corrected chi connectivity index (χ4v) is 2.57. The Morgan fingerprint density at radius 3 is 3.16 bits per heavy atom. The molecule has 0 saturated carbocycles. The Hall–Kier alpha value is -0.520. The lowest BCUT2D eigenvalue weighted by molar-refractivity contribution is 0.266. The summed E-state index contributed by atoms with van der Waals surface area (Å²) in [6.45, 7) is 3.11. The Labute approximate surface area is 125 Å². The van der Waals surface area contributed by atoms with Gasteiger partial charge in [0.05, 0.1) is 6.61 Å². The molecule has 2 heterocycles. The number of rotatable bonds is 6. The van der Waals surface area contributed by atoms with Crippen LogP contribution >= 0.6 is 24.2 Å². The molecule has 2 rings (SSSR count). The maximum atomic E-state index is 5.65. The lowest BCUT2D eigenvalue weighted by Gasteiger charge is -2.22. The third-order valence-corrected chi connectivity index (χ3v) is 3.76. The molecule has 1 aliphatic heterocycles. The van der Waals surface area contributed by atoms with E-state index < -0.39 is 0 Å². The summed E-state index contributed by atoms with van der Waals surface area (Å²) in [6.07, 6.45) is 8.73. The second-order valence-electron chi connectivity index (χ2n) is 4.58. The molecule has 19 heavy (non-hydrogen) atoms. The van der Waals surface area contributed by atoms with Crippen molar-refractivity contribution >= 4 is 24.2 Å². The first-order chi connectivity index (χ1) is 8.88. The second-order valence-corrected chi connectivity index (χ2v) is 5.36. The molecular weight excluding hydrogens is 282 g/mol. The highest BCUT2D eigenvalue weighted by Crippen LogP contribution is 2.17. The quantitative estimate of drug-likeness (QED) is 0.497. The van der Waals surface area contributed by atoms with Crippen LogP contribution in [0.1, 0.15) is 25.7 Å². The number of nitrogens with one attached hydrogen (secondary N) is 1. The molecule has 0 aromatic carbocycles. The summed E-state index contributed by atoms with van der Waals surface area (Å²) in [6, 6.07) is 1.82. The molecular formula is C13H22ClN3OS. The maximum Gasteiger partial charge on any atom is 0.217 e. The minimum absolute atomic E-state index is 0. The highest BCUT2D eigenvalue weighted by atomic mass is 35.5. The molecule has 0 bridgehead atoms. The van der Waals surface area contributed by atoms with E-state index in [2.05, 4.69) is 15.3 Å². The lowest BCUT2D eigenvalue weighted by atomic mass is 9.95. The third-order valence-electron chi connectivity index (χ3n) is 3.20. The van der Waals surface area contributed by atoms with Gasteiger partial charge in [0, 0.05) is 12.3 Å². The van der Waals surface area contributed by atoms with Crippen LogP contribution in [0.5, 0.6) is 5.88 Å². The molecule has 1 aromatic heterocycles. The van der Waals surface area contributed by atoms with Crippen molar-refractivity contribution in [1.82, 2.24) is 15.3 Å². The molecule has 1 saturated heterocycles. The normalized spacial score (nSPS) is 18.7. The topological polar surface area (TPSA) is 47.0 Å². The zero-order chi connectivity index (χ0) is 12.6. The van der Waals surface area contributed by atoms with Crippen LogP contribution in [-0.4, -0.2) is 35.9 Å². The molecule has 1 unspecified atom stereocenters. The smallest absolute Gasteiger partial charge is 0.217 e. The molecule has 4 nitrogen and oxygen atoms in total. The number of hydrogen-bond acceptors (Lipinski definition) is 5. The van der Waals surface area contributed by atoms with E-state index in [0.717, 1.165) is 24.1 Å². The Bertz CT molecular complexity index is 361. The number of ether oxygens (including phenoxy) is 1. The van der Waals surface area contributed by atoms with E-state index in [-0.39, 0.29) is 12.4 Å². The van der Waals surface area contributed by atoms with Crippen molar-refractivity contribution in [3.8, 4) is 5.88 Å². The van der Waals surface area contributed by atoms with Gasteiger partial charge in [-0.15, -0.1) is 12.4 Å². The highest BCUT2D eigenvalue weighted by Gasteiger charge is 2.12. The van der Waals surface area contributed by atoms with E-state index in [0.29, 0.717) is 5.88 Å². The van der Waals surface area contributed by atoms with E-state index in [1.807, 2.05) is 12.3 Å². The zero-order valence-electron chi connectivity index (χ0n) is 11.3. The average Bonchev–Trinajstić information content (AvgIpc) is 2.45. The van der Waals surface area contributed by atoms with E-state index in [1.54, 1.807) is 6.20 Å². The van der Waals surface area contributed by atoms with Crippen LogP contribution in [0.25, 0.3) is 0 Å². The van der Waals surface area contributed by atoms with Gasteiger partial charge in [-0.05, 0) is 50.9 Å². The molecule has 0 aliphatic carbocycles. The molecule has 0 spiro atoms. The largest absolute Gasteiger partial charge is 0.478 e. The average molecular weight is 304 g/mol. The molecule has 0 radical (unpaired) electrons. The van der Waals surface area contributed by atoms with Crippen LogP contribution in [-0.2, 0) is 0 Å². The number of hydrogen-bond donors (Lipinski definition) is 1. The molecule has 1 atom stereocenters. The van der Waals surface area contributed by atoms with Crippen molar-refractivity contribution in [2.45, 2.75) is 30.8 Å². The summed E-state index contributed by atoms with van der Waals surface area (Å²) < 4.78 is 5.65. The molecule has 108 valence electrons. The molecule has 1 aliphatic rings. The minimum atomic E-state index is 0. The first-order valence-corrected chi connectivity index (χ1v) is 7.81. The van der Waals surface area contributed by atoms with Gasteiger partial charge in [-0.3, -0.25) is 0 Å². The fourth-order valence-electron chi connectivity index (χ4n) is 2.22. The van der Waals surface area contributed by atoms with Crippen molar-refractivity contribution in [2.24, 2.45) is 5.92 Å². The Balaban J connectivity index is 0.00000180. The van der Waals surface area contributed by atoms with Gasteiger partial charge >= 0.3 is 0 Å². The number of thioether (sulfide) groups is 1. The van der Waals surface area contributed by atoms with E-state index in [9.17, 15) is 0 Å². The van der Waals surface area contributed by atoms with Gasteiger partial charge in [-0.2, -0.15) is 4.98 Å². The Morgan fingerprint density at radius 1 is 1.53 bits per heavy atom. The van der Waals surface area contributed by atoms with Crippen LogP contribution in [0.2, 0.25) is 0 Å². The van der Waals surface area contributed by atoms with Crippen molar-refractivity contribution in [2.75, 3.05) is 26.0 Å². The summed E-state index contributed by atoms with van der Waals surface area (Å²) in [5, 5.41) is 4.21. The van der Waals surface area contributed by atoms with Crippen molar-refractivity contribution in [1.29, 1.82) is 0 Å². The van der Waals surface area contributed by atoms with Gasteiger partial charge < -0.3 is 10.1 Å². The lowest BCUT2D eigenvalue weighted by Crippen LogP contribution is -2.29. The molecule has 0 amide bonds. The van der Waals surface area contributed by atoms with E-state index >= 15 is 0 Å². The summed E-state index contributed by atoms with van der Waals surface area (Å²) in [5.74, 6) is 1.52. The van der Waals surface area contributed by atoms with Gasteiger partial charge in [0.2, 0.25) is 5.88 Å². The number of aromatic nitrogens is 2. The maximum absolute atomic E-state index is 5.65. The number of halogens is 1. The summed E-state index contributed by atoms with van der Waals surface area (Å²) in [7, 11) is 0. The first-order valence-electron chi connectivity index (χ1n) is 6.59. The Kier molecular flexibility index (Phi) is 8.18. The Morgan fingerprint density at radius 2 is 2.42 bits per heavy atom. The predicted molar refractivity (Wildman–Crippen MR) is 81.4 cm³/mol. The predicted octanol–water partition coefficient (Wildman–Crippen LogP) is 2.78. The van der Waals surface area contributed by atoms with Gasteiger partial charge in [0.15, 0.2) is 5.16 Å². The molecule has 1 aromatic rings. The third kappa shape index (κ3) is 5.97. The van der Waals surface area contributed by atoms with Gasteiger partial charge in [0.25, 0.3) is 0 Å². The van der Waals surface area contributed by atoms with E-state index in [4.69, 9.17) is 4.74 Å². The molecule has 1 fully saturated rings. The highest BCUT2D eigenvalue weighted by molar-refractivity contribution is 7.98. The van der Waals surface area contributed by atoms with Gasteiger partial charge in [0.1, 0.15) is 0 Å². The minimum Gasteiger partial charge on any atom is -0.478 e.